The number of hydrogen-bond donors (Lipinski definition) is 1. The third-order valence-electron chi connectivity index (χ3n) is 6.29. The molecule has 1 heterocycles. The second-order valence-electron chi connectivity index (χ2n) is 8.51. The van der Waals surface area contributed by atoms with E-state index in [0.717, 1.165) is 27.6 Å². The van der Waals surface area contributed by atoms with Crippen LogP contribution < -0.4 is 5.32 Å². The summed E-state index contributed by atoms with van der Waals surface area (Å²) in [6, 6.07) is 25.5. The molecule has 7 heteroatoms. The van der Waals surface area contributed by atoms with Crippen LogP contribution in [0, 0.1) is 10.1 Å². The molecule has 0 aliphatic carbocycles. The Kier molecular flexibility index (Phi) is 5.97. The van der Waals surface area contributed by atoms with E-state index in [4.69, 9.17) is 0 Å². The number of carbonyl (C=O) groups is 2. The van der Waals surface area contributed by atoms with Crippen molar-refractivity contribution in [2.75, 3.05) is 18.4 Å². The Balaban J connectivity index is 1.23. The zero-order valence-electron chi connectivity index (χ0n) is 18.9. The summed E-state index contributed by atoms with van der Waals surface area (Å²) in [5, 5.41) is 15.9. The molecule has 4 aromatic carbocycles. The molecule has 174 valence electrons. The summed E-state index contributed by atoms with van der Waals surface area (Å²) >= 11 is 0. The minimum Gasteiger partial charge on any atom is -0.385 e. The lowest BCUT2D eigenvalue weighted by atomic mass is 9.94. The van der Waals surface area contributed by atoms with Crippen molar-refractivity contribution >= 4 is 34.0 Å². The molecule has 35 heavy (non-hydrogen) atoms. The molecule has 0 bridgehead atoms. The number of carbonyl (C=O) groups excluding carboxylic acids is 2. The lowest BCUT2D eigenvalue weighted by Crippen LogP contribution is -2.41. The van der Waals surface area contributed by atoms with E-state index < -0.39 is 4.92 Å². The number of hydrogen-bond acceptors (Lipinski definition) is 5. The molecule has 1 aliphatic rings. The second-order valence-corrected chi connectivity index (χ2v) is 8.51. The molecule has 0 radical (unpaired) electrons. The highest BCUT2D eigenvalue weighted by Gasteiger charge is 2.32. The number of nitrogens with one attached hydrogen (secondary N) is 1. The summed E-state index contributed by atoms with van der Waals surface area (Å²) < 4.78 is 0. The standard InChI is InChI=1S/C28H23N3O4/c32-27-23-9-3-7-20-8-4-10-24(26(20)23)28(33)30(27)17-5-16-29-25-11-2-1-6-21(25)18-19-12-14-22(15-13-19)31(34)35/h1-4,6-15,29H,5,16-18H2. The molecule has 0 atom stereocenters. The first kappa shape index (κ1) is 22.3. The fraction of sp³-hybridized carbons (Fsp3) is 0.143. The highest BCUT2D eigenvalue weighted by molar-refractivity contribution is 6.25. The Morgan fingerprint density at radius 1 is 0.800 bits per heavy atom. The normalized spacial score (nSPS) is 12.7. The average molecular weight is 466 g/mol. The summed E-state index contributed by atoms with van der Waals surface area (Å²) in [7, 11) is 0. The van der Waals surface area contributed by atoms with Crippen LogP contribution in [0.25, 0.3) is 10.8 Å². The van der Waals surface area contributed by atoms with Crippen molar-refractivity contribution in [1.29, 1.82) is 0 Å². The van der Waals surface area contributed by atoms with Crippen LogP contribution in [0.4, 0.5) is 11.4 Å². The van der Waals surface area contributed by atoms with Gasteiger partial charge in [0.25, 0.3) is 17.5 Å². The first-order chi connectivity index (χ1) is 17.0. The van der Waals surface area contributed by atoms with Crippen molar-refractivity contribution in [3.63, 3.8) is 0 Å². The van der Waals surface area contributed by atoms with E-state index in [9.17, 15) is 19.7 Å². The molecular weight excluding hydrogens is 442 g/mol. The fourth-order valence-corrected chi connectivity index (χ4v) is 4.55. The minimum atomic E-state index is -0.407. The van der Waals surface area contributed by atoms with Gasteiger partial charge in [-0.1, -0.05) is 54.6 Å². The molecule has 2 amide bonds. The number of benzene rings is 4. The quantitative estimate of drug-likeness (QED) is 0.162. The Labute approximate surface area is 202 Å². The van der Waals surface area contributed by atoms with Crippen LogP contribution in [-0.2, 0) is 6.42 Å². The van der Waals surface area contributed by atoms with Crippen LogP contribution in [0.2, 0.25) is 0 Å². The van der Waals surface area contributed by atoms with Gasteiger partial charge in [0.15, 0.2) is 0 Å². The zero-order valence-corrected chi connectivity index (χ0v) is 18.9. The molecule has 0 unspecified atom stereocenters. The molecular formula is C28H23N3O4. The van der Waals surface area contributed by atoms with Gasteiger partial charge < -0.3 is 5.32 Å². The van der Waals surface area contributed by atoms with Gasteiger partial charge in [0.1, 0.15) is 0 Å². The van der Waals surface area contributed by atoms with Crippen LogP contribution in [0.1, 0.15) is 38.3 Å². The van der Waals surface area contributed by atoms with E-state index in [2.05, 4.69) is 5.32 Å². The number of para-hydroxylation sites is 1. The van der Waals surface area contributed by atoms with Crippen molar-refractivity contribution in [2.45, 2.75) is 12.8 Å². The number of rotatable bonds is 8. The van der Waals surface area contributed by atoms with E-state index in [1.54, 1.807) is 24.3 Å². The second kappa shape index (κ2) is 9.38. The first-order valence-electron chi connectivity index (χ1n) is 11.5. The number of nitrogens with zero attached hydrogens (tertiary/aromatic N) is 2. The van der Waals surface area contributed by atoms with E-state index in [1.165, 1.54) is 17.0 Å². The van der Waals surface area contributed by atoms with Crippen molar-refractivity contribution in [3.05, 3.63) is 117 Å². The van der Waals surface area contributed by atoms with Crippen LogP contribution in [0.5, 0.6) is 0 Å². The van der Waals surface area contributed by atoms with Gasteiger partial charge in [0.05, 0.1) is 4.92 Å². The third-order valence-corrected chi connectivity index (χ3v) is 6.29. The highest BCUT2D eigenvalue weighted by atomic mass is 16.6. The molecule has 7 nitrogen and oxygen atoms in total. The summed E-state index contributed by atoms with van der Waals surface area (Å²) in [6.07, 6.45) is 1.23. The summed E-state index contributed by atoms with van der Waals surface area (Å²) in [5.74, 6) is -0.504. The van der Waals surface area contributed by atoms with Gasteiger partial charge in [0, 0.05) is 47.4 Å². The molecule has 4 aromatic rings. The number of nitro groups is 1. The maximum atomic E-state index is 13.0. The van der Waals surface area contributed by atoms with Crippen molar-refractivity contribution in [1.82, 2.24) is 4.90 Å². The van der Waals surface area contributed by atoms with E-state index in [0.29, 0.717) is 37.1 Å². The number of imide groups is 1. The molecule has 1 N–H and O–H groups in total. The van der Waals surface area contributed by atoms with Crippen LogP contribution >= 0.6 is 0 Å². The highest BCUT2D eigenvalue weighted by Crippen LogP contribution is 2.30. The smallest absolute Gasteiger partial charge is 0.269 e. The van der Waals surface area contributed by atoms with Crippen LogP contribution in [0.3, 0.4) is 0 Å². The number of anilines is 1. The van der Waals surface area contributed by atoms with E-state index in [1.807, 2.05) is 48.5 Å². The largest absolute Gasteiger partial charge is 0.385 e. The lowest BCUT2D eigenvalue weighted by Gasteiger charge is -2.27. The van der Waals surface area contributed by atoms with Crippen molar-refractivity contribution in [2.24, 2.45) is 0 Å². The first-order valence-corrected chi connectivity index (χ1v) is 11.5. The van der Waals surface area contributed by atoms with Gasteiger partial charge in [-0.25, -0.2) is 0 Å². The van der Waals surface area contributed by atoms with Gasteiger partial charge in [-0.05, 0) is 47.6 Å². The predicted octanol–water partition coefficient (Wildman–Crippen LogP) is 5.44. The SMILES string of the molecule is O=C1c2cccc3cccc(c23)C(=O)N1CCCNc1ccccc1Cc1ccc([N+](=O)[O-])cc1. The maximum absolute atomic E-state index is 13.0. The number of amides is 2. The van der Waals surface area contributed by atoms with Crippen LogP contribution in [0.15, 0.2) is 84.9 Å². The Bertz CT molecular complexity index is 1400. The summed E-state index contributed by atoms with van der Waals surface area (Å²) in [6.45, 7) is 0.903. The molecule has 0 spiro atoms. The number of non-ortho nitro benzene ring substituents is 1. The zero-order chi connectivity index (χ0) is 24.4. The Hall–Kier alpha value is -4.52. The number of nitro benzene ring substituents is 1. The summed E-state index contributed by atoms with van der Waals surface area (Å²) in [4.78, 5) is 37.9. The molecule has 0 saturated heterocycles. The predicted molar refractivity (Wildman–Crippen MR) is 135 cm³/mol. The molecule has 0 fully saturated rings. The van der Waals surface area contributed by atoms with Crippen molar-refractivity contribution in [3.8, 4) is 0 Å². The Morgan fingerprint density at radius 2 is 1.46 bits per heavy atom. The van der Waals surface area contributed by atoms with E-state index >= 15 is 0 Å². The van der Waals surface area contributed by atoms with Gasteiger partial charge in [0.2, 0.25) is 0 Å². The third kappa shape index (κ3) is 4.36. The Morgan fingerprint density at radius 3 is 2.11 bits per heavy atom. The van der Waals surface area contributed by atoms with Gasteiger partial charge in [-0.15, -0.1) is 0 Å². The summed E-state index contributed by atoms with van der Waals surface area (Å²) in [5.41, 5.74) is 4.20. The van der Waals surface area contributed by atoms with Gasteiger partial charge in [-0.3, -0.25) is 24.6 Å². The molecule has 0 saturated carbocycles. The topological polar surface area (TPSA) is 92.6 Å². The monoisotopic (exact) mass is 465 g/mol. The van der Waals surface area contributed by atoms with Crippen LogP contribution in [-0.4, -0.2) is 34.7 Å². The fourth-order valence-electron chi connectivity index (χ4n) is 4.55. The average Bonchev–Trinajstić information content (AvgIpc) is 2.88. The maximum Gasteiger partial charge on any atom is 0.269 e. The van der Waals surface area contributed by atoms with Gasteiger partial charge >= 0.3 is 0 Å². The van der Waals surface area contributed by atoms with E-state index in [-0.39, 0.29) is 17.5 Å². The van der Waals surface area contributed by atoms with Gasteiger partial charge in [-0.2, -0.15) is 0 Å². The minimum absolute atomic E-state index is 0.0702. The molecule has 0 aromatic heterocycles. The molecule has 5 rings (SSSR count). The molecule has 1 aliphatic heterocycles. The van der Waals surface area contributed by atoms with Crippen molar-refractivity contribution < 1.29 is 14.5 Å². The lowest BCUT2D eigenvalue weighted by molar-refractivity contribution is -0.384.